The monoisotopic (exact) mass is 224 g/mol. The predicted molar refractivity (Wildman–Crippen MR) is 70.4 cm³/mol. The molecule has 0 aromatic heterocycles. The van der Waals surface area contributed by atoms with Gasteiger partial charge in [-0.25, -0.2) is 0 Å². The minimum atomic E-state index is 0.437. The molecule has 0 aromatic carbocycles. The van der Waals surface area contributed by atoms with Crippen molar-refractivity contribution in [1.29, 1.82) is 0 Å². The third kappa shape index (κ3) is 1.50. The van der Waals surface area contributed by atoms with Gasteiger partial charge in [-0.15, -0.1) is 0 Å². The van der Waals surface area contributed by atoms with Crippen LogP contribution in [0.1, 0.15) is 52.9 Å². The fourth-order valence-electron chi connectivity index (χ4n) is 3.59. The van der Waals surface area contributed by atoms with Crippen LogP contribution in [-0.2, 0) is 0 Å². The van der Waals surface area contributed by atoms with Gasteiger partial charge < -0.3 is 0 Å². The Bertz CT molecular complexity index is 267. The second-order valence-electron chi connectivity index (χ2n) is 5.79. The summed E-state index contributed by atoms with van der Waals surface area (Å²) in [6.45, 7) is 11.6. The first-order chi connectivity index (χ1) is 7.04. The van der Waals surface area contributed by atoms with Crippen LogP contribution >= 0.6 is 11.8 Å². The van der Waals surface area contributed by atoms with Crippen LogP contribution in [0, 0.1) is 11.3 Å². The van der Waals surface area contributed by atoms with Crippen LogP contribution in [0.5, 0.6) is 0 Å². The van der Waals surface area contributed by atoms with Crippen LogP contribution in [0.15, 0.2) is 12.2 Å². The zero-order valence-corrected chi connectivity index (χ0v) is 11.3. The minimum Gasteiger partial charge on any atom is -0.150 e. The fourth-order valence-corrected chi connectivity index (χ4v) is 5.46. The maximum Gasteiger partial charge on any atom is 0.0419 e. The molecule has 0 amide bonds. The molecule has 15 heavy (non-hydrogen) atoms. The van der Waals surface area contributed by atoms with Crippen LogP contribution in [-0.4, -0.2) is 10.5 Å². The molecule has 0 spiro atoms. The Kier molecular flexibility index (Phi) is 2.96. The van der Waals surface area contributed by atoms with Gasteiger partial charge >= 0.3 is 0 Å². The lowest BCUT2D eigenvalue weighted by Crippen LogP contribution is -2.35. The van der Waals surface area contributed by atoms with Gasteiger partial charge in [-0.05, 0) is 42.8 Å². The first kappa shape index (κ1) is 11.6. The maximum atomic E-state index is 4.36. The molecule has 0 unspecified atom stereocenters. The third-order valence-corrected chi connectivity index (χ3v) is 6.82. The highest BCUT2D eigenvalue weighted by Crippen LogP contribution is 2.67. The van der Waals surface area contributed by atoms with Gasteiger partial charge in [-0.2, -0.15) is 11.8 Å². The van der Waals surface area contributed by atoms with Gasteiger partial charge in [0.05, 0.1) is 0 Å². The van der Waals surface area contributed by atoms with Crippen molar-refractivity contribution >= 4 is 11.8 Å². The smallest absolute Gasteiger partial charge is 0.0419 e. The van der Waals surface area contributed by atoms with Gasteiger partial charge in [0.25, 0.3) is 0 Å². The Morgan fingerprint density at radius 1 is 1.47 bits per heavy atom. The van der Waals surface area contributed by atoms with Crippen molar-refractivity contribution in [3.63, 3.8) is 0 Å². The summed E-state index contributed by atoms with van der Waals surface area (Å²) in [4.78, 5) is 0. The van der Waals surface area contributed by atoms with E-state index in [4.69, 9.17) is 0 Å². The van der Waals surface area contributed by atoms with E-state index in [2.05, 4.69) is 39.1 Å². The number of hydrogen-bond acceptors (Lipinski definition) is 1. The SMILES string of the molecule is C=C1C[C@@H]2CC[C@@]1(SCCCC)C2(C)C. The van der Waals surface area contributed by atoms with Crippen LogP contribution in [0.3, 0.4) is 0 Å². The van der Waals surface area contributed by atoms with E-state index in [1.165, 1.54) is 37.9 Å². The number of rotatable bonds is 4. The molecule has 2 aliphatic carbocycles. The summed E-state index contributed by atoms with van der Waals surface area (Å²) in [7, 11) is 0. The molecule has 0 nitrogen and oxygen atoms in total. The van der Waals surface area contributed by atoms with Crippen molar-refractivity contribution in [3.05, 3.63) is 12.2 Å². The summed E-state index contributed by atoms with van der Waals surface area (Å²) in [6, 6.07) is 0. The molecule has 2 fully saturated rings. The van der Waals surface area contributed by atoms with Gasteiger partial charge in [0.15, 0.2) is 0 Å². The summed E-state index contributed by atoms with van der Waals surface area (Å²) < 4.78 is 0.437. The number of unbranched alkanes of at least 4 members (excludes halogenated alkanes) is 1. The predicted octanol–water partition coefficient (Wildman–Crippen LogP) is 4.65. The van der Waals surface area contributed by atoms with Gasteiger partial charge in [-0.1, -0.05) is 39.3 Å². The lowest BCUT2D eigenvalue weighted by Gasteiger charge is -2.38. The van der Waals surface area contributed by atoms with E-state index in [-0.39, 0.29) is 0 Å². The first-order valence-electron chi connectivity index (χ1n) is 6.37. The standard InChI is InChI=1S/C14H24S/c1-5-6-9-15-14-8-7-12(10-11(14)2)13(14,3)4/h12H,2,5-10H2,1,3-4H3/t12-,14-/m0/s1. The topological polar surface area (TPSA) is 0 Å². The molecule has 86 valence electrons. The van der Waals surface area contributed by atoms with Crippen LogP contribution in [0.25, 0.3) is 0 Å². The largest absolute Gasteiger partial charge is 0.150 e. The number of thioether (sulfide) groups is 1. The van der Waals surface area contributed by atoms with E-state index in [9.17, 15) is 0 Å². The average Bonchev–Trinajstić information content (AvgIpc) is 2.52. The highest BCUT2D eigenvalue weighted by molar-refractivity contribution is 8.00. The summed E-state index contributed by atoms with van der Waals surface area (Å²) in [5.74, 6) is 2.24. The Morgan fingerprint density at radius 3 is 2.67 bits per heavy atom. The van der Waals surface area contributed by atoms with Gasteiger partial charge in [0.2, 0.25) is 0 Å². The normalized spacial score (nSPS) is 37.5. The van der Waals surface area contributed by atoms with Crippen LogP contribution in [0.2, 0.25) is 0 Å². The second-order valence-corrected chi connectivity index (χ2v) is 7.19. The summed E-state index contributed by atoms with van der Waals surface area (Å²) >= 11 is 2.21. The molecular formula is C14H24S. The molecular weight excluding hydrogens is 200 g/mol. The second kappa shape index (κ2) is 3.84. The molecule has 0 radical (unpaired) electrons. The zero-order valence-electron chi connectivity index (χ0n) is 10.4. The molecule has 0 saturated heterocycles. The fraction of sp³-hybridized carbons (Fsp3) is 0.857. The third-order valence-electron chi connectivity index (χ3n) is 4.82. The molecule has 2 bridgehead atoms. The van der Waals surface area contributed by atoms with Crippen LogP contribution < -0.4 is 0 Å². The zero-order chi connectivity index (χ0) is 11.1. The molecule has 2 aliphatic rings. The molecule has 0 aliphatic heterocycles. The van der Waals surface area contributed by atoms with Gasteiger partial charge in [0, 0.05) is 4.75 Å². The van der Waals surface area contributed by atoms with Crippen molar-refractivity contribution in [1.82, 2.24) is 0 Å². The highest BCUT2D eigenvalue weighted by Gasteiger charge is 2.60. The molecule has 0 N–H and O–H groups in total. The van der Waals surface area contributed by atoms with Crippen molar-refractivity contribution in [2.75, 3.05) is 5.75 Å². The molecule has 2 saturated carbocycles. The summed E-state index contributed by atoms with van der Waals surface area (Å²) in [5, 5.41) is 0. The lowest BCUT2D eigenvalue weighted by molar-refractivity contribution is 0.285. The number of fused-ring (bicyclic) bond motifs is 2. The van der Waals surface area contributed by atoms with Crippen molar-refractivity contribution in [2.24, 2.45) is 11.3 Å². The lowest BCUT2D eigenvalue weighted by atomic mass is 9.81. The van der Waals surface area contributed by atoms with E-state index in [1.807, 2.05) is 0 Å². The molecule has 0 aromatic rings. The van der Waals surface area contributed by atoms with E-state index >= 15 is 0 Å². The highest BCUT2D eigenvalue weighted by atomic mass is 32.2. The van der Waals surface area contributed by atoms with Crippen molar-refractivity contribution < 1.29 is 0 Å². The summed E-state index contributed by atoms with van der Waals surface area (Å²) in [5.41, 5.74) is 2.05. The Hall–Kier alpha value is 0.0900. The Balaban J connectivity index is 2.13. The van der Waals surface area contributed by atoms with E-state index in [0.717, 1.165) is 5.92 Å². The average molecular weight is 224 g/mol. The van der Waals surface area contributed by atoms with Crippen LogP contribution in [0.4, 0.5) is 0 Å². The van der Waals surface area contributed by atoms with E-state index in [1.54, 1.807) is 5.57 Å². The van der Waals surface area contributed by atoms with Gasteiger partial charge in [0.1, 0.15) is 0 Å². The minimum absolute atomic E-state index is 0.437. The van der Waals surface area contributed by atoms with Crippen molar-refractivity contribution in [2.45, 2.75) is 57.6 Å². The molecule has 1 heteroatoms. The van der Waals surface area contributed by atoms with E-state index < -0.39 is 0 Å². The maximum absolute atomic E-state index is 4.36. The van der Waals surface area contributed by atoms with Crippen molar-refractivity contribution in [3.8, 4) is 0 Å². The molecule has 0 heterocycles. The Labute approximate surface area is 98.9 Å². The Morgan fingerprint density at radius 2 is 2.20 bits per heavy atom. The van der Waals surface area contributed by atoms with E-state index in [0.29, 0.717) is 10.2 Å². The molecule has 2 atom stereocenters. The molecule has 2 rings (SSSR count). The number of hydrogen-bond donors (Lipinski definition) is 0. The quantitative estimate of drug-likeness (QED) is 0.494. The van der Waals surface area contributed by atoms with Gasteiger partial charge in [-0.3, -0.25) is 0 Å². The summed E-state index contributed by atoms with van der Waals surface area (Å²) in [6.07, 6.45) is 6.80. The first-order valence-corrected chi connectivity index (χ1v) is 7.35.